The molecule has 1 N–H and O–H groups in total. The van der Waals surface area contributed by atoms with E-state index in [0.29, 0.717) is 12.3 Å². The van der Waals surface area contributed by atoms with Gasteiger partial charge in [0, 0.05) is 6.54 Å². The minimum Gasteiger partial charge on any atom is -0.478 e. The fourth-order valence-electron chi connectivity index (χ4n) is 1.29. The second-order valence-electron chi connectivity index (χ2n) is 4.71. The molecule has 0 bridgehead atoms. The van der Waals surface area contributed by atoms with Crippen molar-refractivity contribution in [1.29, 1.82) is 0 Å². The van der Waals surface area contributed by atoms with Crippen molar-refractivity contribution in [3.63, 3.8) is 0 Å². The number of nitrogens with one attached hydrogen (secondary N) is 1. The van der Waals surface area contributed by atoms with E-state index in [-0.39, 0.29) is 11.7 Å². The van der Waals surface area contributed by atoms with Gasteiger partial charge in [0.2, 0.25) is 0 Å². The van der Waals surface area contributed by atoms with Gasteiger partial charge in [-0.1, -0.05) is 12.2 Å². The van der Waals surface area contributed by atoms with Crippen LogP contribution in [0.15, 0.2) is 36.4 Å². The molecule has 98 valence electrons. The van der Waals surface area contributed by atoms with Crippen molar-refractivity contribution >= 4 is 5.91 Å². The maximum Gasteiger partial charge on any atom is 0.263 e. The minimum absolute atomic E-state index is 0.241. The van der Waals surface area contributed by atoms with Crippen LogP contribution in [-0.2, 0) is 4.79 Å². The highest BCUT2D eigenvalue weighted by Crippen LogP contribution is 2.18. The van der Waals surface area contributed by atoms with Crippen LogP contribution in [0.5, 0.6) is 5.75 Å². The van der Waals surface area contributed by atoms with E-state index in [1.807, 2.05) is 6.92 Å². The van der Waals surface area contributed by atoms with E-state index in [0.717, 1.165) is 5.57 Å². The number of carbonyl (C=O) groups excluding carboxylic acids is 1. The maximum atomic E-state index is 12.7. The van der Waals surface area contributed by atoms with Crippen molar-refractivity contribution in [3.8, 4) is 5.75 Å². The number of carbonyl (C=O) groups is 1. The highest BCUT2D eigenvalue weighted by molar-refractivity contribution is 5.84. The van der Waals surface area contributed by atoms with E-state index in [1.54, 1.807) is 13.8 Å². The standard InChI is InChI=1S/C14H18FNO2/c1-10(2)9-16-13(17)14(3,4)18-12-7-5-11(15)6-8-12/h5-8H,1,9H2,2-4H3,(H,16,17). The van der Waals surface area contributed by atoms with Crippen LogP contribution in [0.25, 0.3) is 0 Å². The normalized spacial score (nSPS) is 10.9. The Hall–Kier alpha value is -1.84. The molecule has 3 nitrogen and oxygen atoms in total. The Morgan fingerprint density at radius 3 is 2.44 bits per heavy atom. The Morgan fingerprint density at radius 1 is 1.39 bits per heavy atom. The molecule has 0 radical (unpaired) electrons. The van der Waals surface area contributed by atoms with Crippen LogP contribution < -0.4 is 10.1 Å². The quantitative estimate of drug-likeness (QED) is 0.817. The summed E-state index contributed by atoms with van der Waals surface area (Å²) in [4.78, 5) is 11.9. The van der Waals surface area contributed by atoms with Crippen molar-refractivity contribution in [2.75, 3.05) is 6.54 Å². The monoisotopic (exact) mass is 251 g/mol. The summed E-state index contributed by atoms with van der Waals surface area (Å²) >= 11 is 0. The van der Waals surface area contributed by atoms with Gasteiger partial charge in [0.05, 0.1) is 0 Å². The van der Waals surface area contributed by atoms with Crippen LogP contribution in [0.3, 0.4) is 0 Å². The second-order valence-corrected chi connectivity index (χ2v) is 4.71. The number of benzene rings is 1. The first-order valence-corrected chi connectivity index (χ1v) is 5.68. The predicted octanol–water partition coefficient (Wildman–Crippen LogP) is 2.68. The molecular formula is C14H18FNO2. The zero-order valence-corrected chi connectivity index (χ0v) is 10.9. The Labute approximate surface area is 107 Å². The highest BCUT2D eigenvalue weighted by Gasteiger charge is 2.29. The molecule has 0 saturated heterocycles. The van der Waals surface area contributed by atoms with Gasteiger partial charge >= 0.3 is 0 Å². The molecular weight excluding hydrogens is 233 g/mol. The lowest BCUT2D eigenvalue weighted by Gasteiger charge is -2.25. The molecule has 18 heavy (non-hydrogen) atoms. The van der Waals surface area contributed by atoms with E-state index in [1.165, 1.54) is 24.3 Å². The van der Waals surface area contributed by atoms with Gasteiger partial charge in [0.15, 0.2) is 5.60 Å². The SMILES string of the molecule is C=C(C)CNC(=O)C(C)(C)Oc1ccc(F)cc1. The van der Waals surface area contributed by atoms with Gasteiger partial charge in [-0.15, -0.1) is 0 Å². The molecule has 1 aromatic carbocycles. The summed E-state index contributed by atoms with van der Waals surface area (Å²) in [6, 6.07) is 5.56. The Bertz CT molecular complexity index is 438. The highest BCUT2D eigenvalue weighted by atomic mass is 19.1. The summed E-state index contributed by atoms with van der Waals surface area (Å²) in [6.45, 7) is 9.26. The zero-order chi connectivity index (χ0) is 13.8. The molecule has 0 aliphatic rings. The first-order valence-electron chi connectivity index (χ1n) is 5.68. The molecule has 0 saturated carbocycles. The third-order valence-electron chi connectivity index (χ3n) is 2.28. The molecule has 0 aromatic heterocycles. The van der Waals surface area contributed by atoms with Gasteiger partial charge in [-0.2, -0.15) is 0 Å². The zero-order valence-electron chi connectivity index (χ0n) is 10.9. The molecule has 0 unspecified atom stereocenters. The van der Waals surface area contributed by atoms with Gasteiger partial charge in [-0.05, 0) is 45.0 Å². The van der Waals surface area contributed by atoms with E-state index < -0.39 is 5.60 Å². The van der Waals surface area contributed by atoms with Gasteiger partial charge < -0.3 is 10.1 Å². The third kappa shape index (κ3) is 4.20. The van der Waals surface area contributed by atoms with Gasteiger partial charge in [0.1, 0.15) is 11.6 Å². The summed E-state index contributed by atoms with van der Waals surface area (Å²) in [7, 11) is 0. The predicted molar refractivity (Wildman–Crippen MR) is 68.9 cm³/mol. The fraction of sp³-hybridized carbons (Fsp3) is 0.357. The van der Waals surface area contributed by atoms with Crippen molar-refractivity contribution in [3.05, 3.63) is 42.2 Å². The summed E-state index contributed by atoms with van der Waals surface area (Å²) < 4.78 is 18.3. The number of ether oxygens (including phenoxy) is 1. The molecule has 1 amide bonds. The lowest BCUT2D eigenvalue weighted by atomic mass is 10.1. The summed E-state index contributed by atoms with van der Waals surface area (Å²) in [5.41, 5.74) is -0.159. The first kappa shape index (κ1) is 14.2. The lowest BCUT2D eigenvalue weighted by molar-refractivity contribution is -0.134. The van der Waals surface area contributed by atoms with E-state index in [4.69, 9.17) is 4.74 Å². The van der Waals surface area contributed by atoms with Crippen LogP contribution in [0.4, 0.5) is 4.39 Å². The van der Waals surface area contributed by atoms with Crippen LogP contribution in [0.2, 0.25) is 0 Å². The largest absolute Gasteiger partial charge is 0.478 e. The smallest absolute Gasteiger partial charge is 0.263 e. The molecule has 1 rings (SSSR count). The van der Waals surface area contributed by atoms with Crippen LogP contribution in [-0.4, -0.2) is 18.1 Å². The van der Waals surface area contributed by atoms with Crippen molar-refractivity contribution in [1.82, 2.24) is 5.32 Å². The average molecular weight is 251 g/mol. The molecule has 0 aliphatic carbocycles. The van der Waals surface area contributed by atoms with Crippen LogP contribution in [0.1, 0.15) is 20.8 Å². The number of halogens is 1. The first-order chi connectivity index (χ1) is 8.31. The van der Waals surface area contributed by atoms with Crippen molar-refractivity contribution < 1.29 is 13.9 Å². The minimum atomic E-state index is -1.02. The molecule has 0 atom stereocenters. The molecule has 0 heterocycles. The summed E-state index contributed by atoms with van der Waals surface area (Å²) in [6.07, 6.45) is 0. The molecule has 0 fully saturated rings. The average Bonchev–Trinajstić information content (AvgIpc) is 2.28. The van der Waals surface area contributed by atoms with E-state index in [2.05, 4.69) is 11.9 Å². The second kappa shape index (κ2) is 5.67. The van der Waals surface area contributed by atoms with E-state index in [9.17, 15) is 9.18 Å². The van der Waals surface area contributed by atoms with Crippen molar-refractivity contribution in [2.24, 2.45) is 0 Å². The third-order valence-corrected chi connectivity index (χ3v) is 2.28. The molecule has 4 heteroatoms. The van der Waals surface area contributed by atoms with Gasteiger partial charge in [-0.25, -0.2) is 4.39 Å². The van der Waals surface area contributed by atoms with Crippen LogP contribution in [0, 0.1) is 5.82 Å². The molecule has 0 spiro atoms. The number of hydrogen-bond donors (Lipinski definition) is 1. The van der Waals surface area contributed by atoms with Crippen LogP contribution >= 0.6 is 0 Å². The molecule has 1 aromatic rings. The molecule has 0 aliphatic heterocycles. The Kier molecular flexibility index (Phi) is 4.48. The topological polar surface area (TPSA) is 38.3 Å². The van der Waals surface area contributed by atoms with Crippen molar-refractivity contribution in [2.45, 2.75) is 26.4 Å². The summed E-state index contributed by atoms with van der Waals surface area (Å²) in [5.74, 6) is -0.131. The van der Waals surface area contributed by atoms with Gasteiger partial charge in [-0.3, -0.25) is 4.79 Å². The lowest BCUT2D eigenvalue weighted by Crippen LogP contribution is -2.46. The summed E-state index contributed by atoms with van der Waals surface area (Å²) in [5, 5.41) is 2.72. The number of hydrogen-bond acceptors (Lipinski definition) is 2. The Balaban J connectivity index is 2.65. The van der Waals surface area contributed by atoms with E-state index >= 15 is 0 Å². The van der Waals surface area contributed by atoms with Gasteiger partial charge in [0.25, 0.3) is 5.91 Å². The maximum absolute atomic E-state index is 12.7. The number of amides is 1. The number of rotatable bonds is 5. The Morgan fingerprint density at radius 2 is 1.94 bits per heavy atom. The fourth-order valence-corrected chi connectivity index (χ4v) is 1.29.